The SMILES string of the molecule is CN(C)c1cc(CN2CCC3(CC2)OCCO3)c(O)c2c1C[C@H]1C[C@H]3[C@H](N(C)C)C(=O)C(C(N)=O)=C(O)[C@@]3(O)C(=O)C1=C2O.[K+].[OH-]. The van der Waals surface area contributed by atoms with Crippen LogP contribution in [0.3, 0.4) is 0 Å². The van der Waals surface area contributed by atoms with Gasteiger partial charge in [0.1, 0.15) is 22.8 Å². The number of aromatic hydroxyl groups is 1. The summed E-state index contributed by atoms with van der Waals surface area (Å²) in [7, 11) is 6.86. The molecule has 0 aromatic heterocycles. The van der Waals surface area contributed by atoms with Gasteiger partial charge in [0.25, 0.3) is 5.91 Å². The van der Waals surface area contributed by atoms with Crippen LogP contribution in [0.15, 0.2) is 23.0 Å². The van der Waals surface area contributed by atoms with E-state index in [2.05, 4.69) is 4.90 Å². The number of Topliss-reactive ketones (excluding diaryl/α,β-unsaturated/α-hetero) is 2. The first-order valence-electron chi connectivity index (χ1n) is 14.9. The second kappa shape index (κ2) is 13.2. The number of hydrogen-bond donors (Lipinski definition) is 5. The van der Waals surface area contributed by atoms with Gasteiger partial charge in [0.15, 0.2) is 17.2 Å². The van der Waals surface area contributed by atoms with Crippen LogP contribution in [0, 0.1) is 11.8 Å². The number of ketones is 2. The molecule has 3 aliphatic carbocycles. The summed E-state index contributed by atoms with van der Waals surface area (Å²) < 4.78 is 11.7. The Labute approximate surface area is 309 Å². The molecule has 6 rings (SSSR count). The predicted molar refractivity (Wildman–Crippen MR) is 160 cm³/mol. The maximum absolute atomic E-state index is 14.2. The summed E-state index contributed by atoms with van der Waals surface area (Å²) in [5.74, 6) is -7.13. The number of ether oxygens (including phenoxy) is 2. The monoisotopic (exact) mass is 668 g/mol. The number of carbonyl (C=O) groups excluding carboxylic acids is 3. The molecule has 15 heteroatoms. The van der Waals surface area contributed by atoms with Gasteiger partial charge in [-0.1, -0.05) is 0 Å². The molecule has 5 aliphatic rings. The van der Waals surface area contributed by atoms with E-state index in [4.69, 9.17) is 15.2 Å². The largest absolute Gasteiger partial charge is 1.00 e. The van der Waals surface area contributed by atoms with Crippen LogP contribution in [-0.4, -0.2) is 125 Å². The van der Waals surface area contributed by atoms with Gasteiger partial charge in [0, 0.05) is 69.3 Å². The molecule has 0 unspecified atom stereocenters. The molecule has 2 aliphatic heterocycles. The number of phenolic OH excluding ortho intramolecular Hbond substituents is 1. The molecule has 1 saturated carbocycles. The van der Waals surface area contributed by atoms with Crippen molar-refractivity contribution in [3.05, 3.63) is 39.7 Å². The molecule has 1 amide bonds. The van der Waals surface area contributed by atoms with E-state index in [1.54, 1.807) is 14.1 Å². The average Bonchev–Trinajstić information content (AvgIpc) is 3.40. The van der Waals surface area contributed by atoms with Crippen LogP contribution in [0.1, 0.15) is 36.0 Å². The number of hydrogen-bond acceptors (Lipinski definition) is 13. The number of carbonyl (C=O) groups is 3. The number of nitrogens with two attached hydrogens (primary N) is 1. The number of rotatable bonds is 5. The molecule has 0 bridgehead atoms. The van der Waals surface area contributed by atoms with Gasteiger partial charge in [-0.3, -0.25) is 24.2 Å². The number of nitrogens with zero attached hydrogens (tertiary/aromatic N) is 3. The zero-order valence-corrected chi connectivity index (χ0v) is 30.0. The Hall–Kier alpha value is -1.89. The van der Waals surface area contributed by atoms with Crippen LogP contribution in [0.2, 0.25) is 0 Å². The smallest absolute Gasteiger partial charge is 0.870 e. The molecule has 4 atom stereocenters. The molecule has 2 saturated heterocycles. The number of phenols is 1. The fourth-order valence-electron chi connectivity index (χ4n) is 7.94. The molecule has 1 spiro atoms. The topological polar surface area (TPSA) is 216 Å². The van der Waals surface area contributed by atoms with Crippen molar-refractivity contribution in [2.75, 3.05) is 59.4 Å². The first-order chi connectivity index (χ1) is 20.7. The van der Waals surface area contributed by atoms with Gasteiger partial charge in [0.05, 0.1) is 24.8 Å². The van der Waals surface area contributed by atoms with Gasteiger partial charge in [-0.05, 0) is 44.5 Å². The zero-order chi connectivity index (χ0) is 31.9. The molecular formula is C31H41KN4O10. The van der Waals surface area contributed by atoms with E-state index >= 15 is 0 Å². The van der Waals surface area contributed by atoms with E-state index in [9.17, 15) is 34.8 Å². The third-order valence-electron chi connectivity index (χ3n) is 10.1. The Morgan fingerprint density at radius 2 is 1.70 bits per heavy atom. The maximum atomic E-state index is 14.2. The fourth-order valence-corrected chi connectivity index (χ4v) is 7.94. The van der Waals surface area contributed by atoms with Gasteiger partial charge in [0.2, 0.25) is 5.78 Å². The van der Waals surface area contributed by atoms with Crippen molar-refractivity contribution >= 4 is 28.9 Å². The number of likely N-dealkylation sites (N-methyl/N-ethyl adjacent to an activating group) is 1. The Morgan fingerprint density at radius 1 is 1.09 bits per heavy atom. The van der Waals surface area contributed by atoms with Gasteiger partial charge in [-0.2, -0.15) is 0 Å². The van der Waals surface area contributed by atoms with Crippen molar-refractivity contribution in [1.82, 2.24) is 9.80 Å². The Bertz CT molecular complexity index is 1510. The number of amides is 1. The van der Waals surface area contributed by atoms with E-state index < -0.39 is 63.8 Å². The summed E-state index contributed by atoms with van der Waals surface area (Å²) in [6.07, 6.45) is 1.65. The molecular weight excluding hydrogens is 627 g/mol. The summed E-state index contributed by atoms with van der Waals surface area (Å²) in [5, 5.41) is 46.3. The molecule has 1 aromatic carbocycles. The minimum Gasteiger partial charge on any atom is -0.870 e. The van der Waals surface area contributed by atoms with Gasteiger partial charge >= 0.3 is 51.4 Å². The molecule has 14 nitrogen and oxygen atoms in total. The molecule has 3 fully saturated rings. The summed E-state index contributed by atoms with van der Waals surface area (Å²) in [5.41, 5.74) is 3.79. The second-order valence-electron chi connectivity index (χ2n) is 13.0. The molecule has 246 valence electrons. The van der Waals surface area contributed by atoms with Crippen LogP contribution in [0.4, 0.5) is 5.69 Å². The van der Waals surface area contributed by atoms with Gasteiger partial charge in [-0.15, -0.1) is 0 Å². The second-order valence-corrected chi connectivity index (χ2v) is 13.0. The quantitative estimate of drug-likeness (QED) is 0.158. The molecule has 0 radical (unpaired) electrons. The summed E-state index contributed by atoms with van der Waals surface area (Å²) >= 11 is 0. The van der Waals surface area contributed by atoms with Crippen molar-refractivity contribution in [2.45, 2.75) is 49.7 Å². The number of benzene rings is 1. The summed E-state index contributed by atoms with van der Waals surface area (Å²) in [6.45, 7) is 2.88. The van der Waals surface area contributed by atoms with E-state index in [-0.39, 0.29) is 86.6 Å². The fraction of sp³-hybridized carbons (Fsp3) is 0.581. The number of aliphatic hydroxyl groups excluding tert-OH is 2. The van der Waals surface area contributed by atoms with Crippen LogP contribution < -0.4 is 62.0 Å². The molecule has 46 heavy (non-hydrogen) atoms. The molecule has 7 N–H and O–H groups in total. The van der Waals surface area contributed by atoms with Gasteiger partial charge < -0.3 is 46.0 Å². The van der Waals surface area contributed by atoms with Crippen LogP contribution >= 0.6 is 0 Å². The van der Waals surface area contributed by atoms with E-state index in [1.807, 2.05) is 25.1 Å². The predicted octanol–water partition coefficient (Wildman–Crippen LogP) is -2.80. The zero-order valence-electron chi connectivity index (χ0n) is 26.9. The standard InChI is InChI=1S/C31H40N4O9.K.H2O/c1-33(2)19-13-16(14-35-7-5-30(6-8-35)43-9-10-44-30)24(36)21-17(19)11-15-12-18-23(34(3)4)26(38)22(29(32)41)28(40)31(18,42)27(39)20(15)25(21)37;;/h13,15,18,23,36-37,40,42H,5-12,14H2,1-4H3,(H2,32,41);;1H2/q;+1;/p-1/t15-,18-,23-,31-;;/m0../s1. The normalized spacial score (nSPS) is 28.8. The van der Waals surface area contributed by atoms with Crippen LogP contribution in [0.5, 0.6) is 5.75 Å². The Morgan fingerprint density at radius 3 is 2.24 bits per heavy atom. The Kier molecular flexibility index (Phi) is 10.6. The number of aliphatic hydroxyl groups is 3. The number of fused-ring (bicyclic) bond motifs is 3. The molecule has 2 heterocycles. The van der Waals surface area contributed by atoms with E-state index in [1.165, 1.54) is 4.90 Å². The first kappa shape index (κ1) is 36.9. The van der Waals surface area contributed by atoms with Gasteiger partial charge in [-0.25, -0.2) is 0 Å². The average molecular weight is 669 g/mol. The minimum absolute atomic E-state index is 0. The van der Waals surface area contributed by atoms with Crippen molar-refractivity contribution in [2.24, 2.45) is 17.6 Å². The van der Waals surface area contributed by atoms with Crippen molar-refractivity contribution in [1.29, 1.82) is 0 Å². The molecule has 1 aromatic rings. The van der Waals surface area contributed by atoms with Crippen molar-refractivity contribution in [3.63, 3.8) is 0 Å². The third-order valence-corrected chi connectivity index (χ3v) is 10.1. The summed E-state index contributed by atoms with van der Waals surface area (Å²) in [6, 6.07) is 0.765. The number of piperidine rings is 1. The number of primary amides is 1. The Balaban J connectivity index is 0.00000240. The number of anilines is 1. The van der Waals surface area contributed by atoms with E-state index in [0.29, 0.717) is 56.8 Å². The number of likely N-dealkylation sites (tertiary alicyclic amines) is 1. The maximum Gasteiger partial charge on any atom is 1.00 e. The third kappa shape index (κ3) is 5.56. The van der Waals surface area contributed by atoms with Crippen LogP contribution in [-0.2, 0) is 36.8 Å². The van der Waals surface area contributed by atoms with E-state index in [0.717, 1.165) is 5.69 Å². The van der Waals surface area contributed by atoms with Crippen molar-refractivity contribution < 1.29 is 101 Å². The minimum atomic E-state index is -2.67. The van der Waals surface area contributed by atoms with Crippen LogP contribution in [0.25, 0.3) is 5.76 Å². The van der Waals surface area contributed by atoms with Crippen molar-refractivity contribution in [3.8, 4) is 5.75 Å². The summed E-state index contributed by atoms with van der Waals surface area (Å²) in [4.78, 5) is 45.2. The first-order valence-corrected chi connectivity index (χ1v) is 14.9.